The van der Waals surface area contributed by atoms with E-state index in [1.54, 1.807) is 0 Å². The van der Waals surface area contributed by atoms with Crippen LogP contribution in [0.15, 0.2) is 0 Å². The van der Waals surface area contributed by atoms with E-state index in [9.17, 15) is 0 Å². The molecule has 1 rings (SSSR count). The van der Waals surface area contributed by atoms with Crippen LogP contribution < -0.4 is 5.32 Å². The number of hydrogen-bond acceptors (Lipinski definition) is 2. The van der Waals surface area contributed by atoms with Gasteiger partial charge >= 0.3 is 0 Å². The first kappa shape index (κ1) is 11.0. The molecule has 78 valence electrons. The van der Waals surface area contributed by atoms with Crippen LogP contribution in [0, 0.1) is 5.92 Å². The van der Waals surface area contributed by atoms with Crippen molar-refractivity contribution in [2.24, 2.45) is 5.92 Å². The summed E-state index contributed by atoms with van der Waals surface area (Å²) >= 11 is 0. The molecule has 1 aliphatic rings. The number of hydrogen-bond donors (Lipinski definition) is 1. The Bertz CT molecular complexity index is 130. The van der Waals surface area contributed by atoms with Crippen LogP contribution in [-0.2, 0) is 0 Å². The smallest absolute Gasteiger partial charge is 0.0163 e. The fourth-order valence-corrected chi connectivity index (χ4v) is 2.27. The summed E-state index contributed by atoms with van der Waals surface area (Å²) in [5, 5.41) is 3.28. The van der Waals surface area contributed by atoms with Crippen molar-refractivity contribution in [2.75, 3.05) is 27.2 Å². The second kappa shape index (κ2) is 5.61. The molecule has 1 atom stereocenters. The second-order valence-corrected chi connectivity index (χ2v) is 4.56. The lowest BCUT2D eigenvalue weighted by Crippen LogP contribution is -2.37. The maximum Gasteiger partial charge on any atom is 0.0163 e. The minimum Gasteiger partial charge on any atom is -0.316 e. The molecule has 2 nitrogen and oxygen atoms in total. The van der Waals surface area contributed by atoms with Gasteiger partial charge in [-0.05, 0) is 39.8 Å². The Balaban J connectivity index is 2.12. The molecule has 1 N–H and O–H groups in total. The van der Waals surface area contributed by atoms with Gasteiger partial charge in [0.2, 0.25) is 0 Å². The third-order valence-corrected chi connectivity index (χ3v) is 3.12. The molecule has 1 aliphatic carbocycles. The molecule has 0 heterocycles. The van der Waals surface area contributed by atoms with Crippen molar-refractivity contribution < 1.29 is 0 Å². The van der Waals surface area contributed by atoms with Crippen molar-refractivity contribution in [1.82, 2.24) is 10.2 Å². The average molecular weight is 184 g/mol. The van der Waals surface area contributed by atoms with Crippen molar-refractivity contribution in [3.8, 4) is 0 Å². The Labute approximate surface area is 82.7 Å². The third kappa shape index (κ3) is 4.10. The molecule has 13 heavy (non-hydrogen) atoms. The lowest BCUT2D eigenvalue weighted by Gasteiger charge is -2.23. The first-order valence-corrected chi connectivity index (χ1v) is 5.58. The zero-order chi connectivity index (χ0) is 9.68. The Kier molecular flexibility index (Phi) is 4.74. The maximum absolute atomic E-state index is 3.28. The van der Waals surface area contributed by atoms with Gasteiger partial charge in [0, 0.05) is 19.1 Å². The van der Waals surface area contributed by atoms with Gasteiger partial charge in [-0.1, -0.05) is 12.8 Å². The summed E-state index contributed by atoms with van der Waals surface area (Å²) in [5.41, 5.74) is 0. The average Bonchev–Trinajstić information content (AvgIpc) is 2.56. The summed E-state index contributed by atoms with van der Waals surface area (Å²) in [6.07, 6.45) is 5.83. The Morgan fingerprint density at radius 1 is 1.38 bits per heavy atom. The lowest BCUT2D eigenvalue weighted by atomic mass is 10.1. The van der Waals surface area contributed by atoms with Gasteiger partial charge in [0.25, 0.3) is 0 Å². The largest absolute Gasteiger partial charge is 0.316 e. The summed E-state index contributed by atoms with van der Waals surface area (Å²) in [6, 6.07) is 0.617. The van der Waals surface area contributed by atoms with Gasteiger partial charge in [-0.15, -0.1) is 0 Å². The second-order valence-electron chi connectivity index (χ2n) is 4.56. The Morgan fingerprint density at radius 3 is 2.54 bits per heavy atom. The van der Waals surface area contributed by atoms with Gasteiger partial charge in [-0.3, -0.25) is 0 Å². The van der Waals surface area contributed by atoms with Gasteiger partial charge in [0.15, 0.2) is 0 Å². The van der Waals surface area contributed by atoms with E-state index in [4.69, 9.17) is 0 Å². The SMILES string of the molecule is CNC(C)CN(C)CC1CCCC1. The Morgan fingerprint density at radius 2 is 2.00 bits per heavy atom. The van der Waals surface area contributed by atoms with Crippen molar-refractivity contribution in [3.63, 3.8) is 0 Å². The highest BCUT2D eigenvalue weighted by molar-refractivity contribution is 4.72. The molecular formula is C11H24N2. The summed E-state index contributed by atoms with van der Waals surface area (Å²) in [7, 11) is 4.28. The van der Waals surface area contributed by atoms with Crippen LogP contribution in [0.1, 0.15) is 32.6 Å². The van der Waals surface area contributed by atoms with E-state index in [0.29, 0.717) is 6.04 Å². The summed E-state index contributed by atoms with van der Waals surface area (Å²) in [4.78, 5) is 2.47. The van der Waals surface area contributed by atoms with E-state index >= 15 is 0 Å². The molecule has 0 amide bonds. The molecule has 0 aromatic heterocycles. The van der Waals surface area contributed by atoms with E-state index in [1.807, 2.05) is 7.05 Å². The number of likely N-dealkylation sites (N-methyl/N-ethyl adjacent to an activating group) is 2. The van der Waals surface area contributed by atoms with E-state index in [0.717, 1.165) is 5.92 Å². The number of nitrogens with one attached hydrogen (secondary N) is 1. The monoisotopic (exact) mass is 184 g/mol. The minimum atomic E-state index is 0.617. The third-order valence-electron chi connectivity index (χ3n) is 3.12. The predicted octanol–water partition coefficient (Wildman–Crippen LogP) is 1.72. The van der Waals surface area contributed by atoms with Gasteiger partial charge in [-0.25, -0.2) is 0 Å². The van der Waals surface area contributed by atoms with Gasteiger partial charge in [0.1, 0.15) is 0 Å². The maximum atomic E-state index is 3.28. The zero-order valence-electron chi connectivity index (χ0n) is 9.34. The van der Waals surface area contributed by atoms with E-state index < -0.39 is 0 Å². The summed E-state index contributed by atoms with van der Waals surface area (Å²) in [5.74, 6) is 0.981. The first-order chi connectivity index (χ1) is 6.22. The molecule has 1 fully saturated rings. The zero-order valence-corrected chi connectivity index (χ0v) is 9.34. The van der Waals surface area contributed by atoms with Crippen molar-refractivity contribution >= 4 is 0 Å². The minimum absolute atomic E-state index is 0.617. The van der Waals surface area contributed by atoms with Crippen LogP contribution in [0.3, 0.4) is 0 Å². The van der Waals surface area contributed by atoms with Crippen LogP contribution in [0.4, 0.5) is 0 Å². The van der Waals surface area contributed by atoms with E-state index in [-0.39, 0.29) is 0 Å². The van der Waals surface area contributed by atoms with Crippen LogP contribution in [0.5, 0.6) is 0 Å². The van der Waals surface area contributed by atoms with Crippen LogP contribution in [0.25, 0.3) is 0 Å². The highest BCUT2D eigenvalue weighted by atomic mass is 15.1. The molecule has 0 spiro atoms. The standard InChI is InChI=1S/C11H24N2/c1-10(12-2)8-13(3)9-11-6-4-5-7-11/h10-12H,4-9H2,1-3H3. The molecule has 0 aliphatic heterocycles. The number of rotatable bonds is 5. The molecule has 1 unspecified atom stereocenters. The molecule has 2 heteroatoms. The van der Waals surface area contributed by atoms with Gasteiger partial charge in [0.05, 0.1) is 0 Å². The first-order valence-electron chi connectivity index (χ1n) is 5.58. The molecule has 1 saturated carbocycles. The summed E-state index contributed by atoms with van der Waals surface area (Å²) in [6.45, 7) is 4.71. The summed E-state index contributed by atoms with van der Waals surface area (Å²) < 4.78 is 0. The quantitative estimate of drug-likeness (QED) is 0.700. The van der Waals surface area contributed by atoms with Gasteiger partial charge < -0.3 is 10.2 Å². The van der Waals surface area contributed by atoms with Crippen molar-refractivity contribution in [3.05, 3.63) is 0 Å². The van der Waals surface area contributed by atoms with Crippen LogP contribution in [0.2, 0.25) is 0 Å². The van der Waals surface area contributed by atoms with E-state index in [1.165, 1.54) is 38.8 Å². The highest BCUT2D eigenvalue weighted by Gasteiger charge is 2.17. The van der Waals surface area contributed by atoms with Crippen molar-refractivity contribution in [2.45, 2.75) is 38.6 Å². The fraction of sp³-hybridized carbons (Fsp3) is 1.00. The van der Waals surface area contributed by atoms with Crippen LogP contribution >= 0.6 is 0 Å². The molecule has 0 saturated heterocycles. The van der Waals surface area contributed by atoms with Crippen molar-refractivity contribution in [1.29, 1.82) is 0 Å². The lowest BCUT2D eigenvalue weighted by molar-refractivity contribution is 0.257. The molecule has 0 bridgehead atoms. The fourth-order valence-electron chi connectivity index (χ4n) is 2.27. The molecule has 0 aromatic rings. The highest BCUT2D eigenvalue weighted by Crippen LogP contribution is 2.24. The molecular weight excluding hydrogens is 160 g/mol. The molecule has 0 radical (unpaired) electrons. The molecule has 0 aromatic carbocycles. The topological polar surface area (TPSA) is 15.3 Å². The van der Waals surface area contributed by atoms with Gasteiger partial charge in [-0.2, -0.15) is 0 Å². The number of nitrogens with zero attached hydrogens (tertiary/aromatic N) is 1. The Hall–Kier alpha value is -0.0800. The van der Waals surface area contributed by atoms with Crippen LogP contribution in [-0.4, -0.2) is 38.1 Å². The van der Waals surface area contributed by atoms with E-state index in [2.05, 4.69) is 24.2 Å². The normalized spacial score (nSPS) is 21.2. The predicted molar refractivity (Wildman–Crippen MR) is 58.0 cm³/mol.